The van der Waals surface area contributed by atoms with E-state index in [9.17, 15) is 9.59 Å². The van der Waals surface area contributed by atoms with E-state index in [1.54, 1.807) is 14.0 Å². The molecule has 3 rings (SSSR count). The molecule has 172 valence electrons. The average Bonchev–Trinajstić information content (AvgIpc) is 3.31. The summed E-state index contributed by atoms with van der Waals surface area (Å²) in [5.41, 5.74) is 3.34. The van der Waals surface area contributed by atoms with Crippen molar-refractivity contribution in [1.29, 1.82) is 0 Å². The van der Waals surface area contributed by atoms with Gasteiger partial charge in [0.25, 0.3) is 0 Å². The zero-order valence-corrected chi connectivity index (χ0v) is 19.8. The van der Waals surface area contributed by atoms with Gasteiger partial charge in [-0.15, -0.1) is 0 Å². The molecule has 2 aromatic carbocycles. The van der Waals surface area contributed by atoms with Crippen molar-refractivity contribution in [1.82, 2.24) is 15.5 Å². The molecule has 1 aliphatic heterocycles. The number of amides is 2. The summed E-state index contributed by atoms with van der Waals surface area (Å²) in [5, 5.41) is 5.91. The lowest BCUT2D eigenvalue weighted by Crippen LogP contribution is -2.54. The Morgan fingerprint density at radius 3 is 2.38 bits per heavy atom. The molecule has 1 heterocycles. The molecule has 0 aliphatic carbocycles. The Kier molecular flexibility index (Phi) is 7.91. The topological polar surface area (TPSA) is 64.7 Å². The van der Waals surface area contributed by atoms with Gasteiger partial charge in [0.15, 0.2) is 0 Å². The van der Waals surface area contributed by atoms with Gasteiger partial charge in [-0.05, 0) is 62.6 Å². The van der Waals surface area contributed by atoms with Crippen LogP contribution in [0.5, 0.6) is 0 Å². The third kappa shape index (κ3) is 5.30. The van der Waals surface area contributed by atoms with Crippen molar-refractivity contribution in [2.24, 2.45) is 5.92 Å². The highest BCUT2D eigenvalue weighted by molar-refractivity contribution is 5.90. The molecule has 2 aromatic rings. The van der Waals surface area contributed by atoms with Gasteiger partial charge >= 0.3 is 0 Å². The van der Waals surface area contributed by atoms with Crippen LogP contribution in [0.15, 0.2) is 54.6 Å². The van der Waals surface area contributed by atoms with E-state index in [0.29, 0.717) is 6.54 Å². The third-order valence-corrected chi connectivity index (χ3v) is 6.38. The number of likely N-dealkylation sites (N-methyl/N-ethyl adjacent to an activating group) is 1. The largest absolute Gasteiger partial charge is 0.345 e. The molecule has 6 heteroatoms. The fourth-order valence-electron chi connectivity index (χ4n) is 4.22. The van der Waals surface area contributed by atoms with E-state index in [0.717, 1.165) is 29.8 Å². The molecule has 1 saturated heterocycles. The molecule has 3 atom stereocenters. The van der Waals surface area contributed by atoms with Gasteiger partial charge in [0, 0.05) is 25.0 Å². The Balaban J connectivity index is 1.81. The van der Waals surface area contributed by atoms with E-state index < -0.39 is 6.04 Å². The van der Waals surface area contributed by atoms with Crippen molar-refractivity contribution in [2.45, 2.75) is 51.7 Å². The normalized spacial score (nSPS) is 17.8. The van der Waals surface area contributed by atoms with Crippen LogP contribution in [0, 0.1) is 5.92 Å². The number of rotatable bonds is 8. The molecule has 0 aromatic heterocycles. The first-order valence-corrected chi connectivity index (χ1v) is 11.5. The van der Waals surface area contributed by atoms with E-state index in [2.05, 4.69) is 59.0 Å². The van der Waals surface area contributed by atoms with Gasteiger partial charge in [0.1, 0.15) is 6.04 Å². The summed E-state index contributed by atoms with van der Waals surface area (Å²) >= 11 is 0. The van der Waals surface area contributed by atoms with Crippen molar-refractivity contribution in [3.63, 3.8) is 0 Å². The van der Waals surface area contributed by atoms with Crippen LogP contribution in [0.2, 0.25) is 0 Å². The number of nitrogens with zero attached hydrogens (tertiary/aromatic N) is 2. The summed E-state index contributed by atoms with van der Waals surface area (Å²) in [4.78, 5) is 30.1. The highest BCUT2D eigenvalue weighted by Gasteiger charge is 2.36. The second-order valence-electron chi connectivity index (χ2n) is 8.92. The monoisotopic (exact) mass is 436 g/mol. The van der Waals surface area contributed by atoms with Gasteiger partial charge in [-0.25, -0.2) is 0 Å². The Labute approximate surface area is 192 Å². The fourth-order valence-corrected chi connectivity index (χ4v) is 4.22. The van der Waals surface area contributed by atoms with Crippen molar-refractivity contribution in [2.75, 3.05) is 25.5 Å². The minimum Gasteiger partial charge on any atom is -0.345 e. The van der Waals surface area contributed by atoms with Crippen LogP contribution in [-0.2, 0) is 9.59 Å². The molecular weight excluding hydrogens is 400 g/mol. The van der Waals surface area contributed by atoms with Gasteiger partial charge in [-0.2, -0.15) is 0 Å². The van der Waals surface area contributed by atoms with E-state index in [1.807, 2.05) is 36.9 Å². The maximum atomic E-state index is 13.5. The summed E-state index contributed by atoms with van der Waals surface area (Å²) in [6, 6.07) is 17.8. The molecule has 6 nitrogen and oxygen atoms in total. The van der Waals surface area contributed by atoms with Gasteiger partial charge < -0.3 is 20.4 Å². The Morgan fingerprint density at radius 1 is 1.03 bits per heavy atom. The quantitative estimate of drug-likeness (QED) is 0.659. The predicted octanol–water partition coefficient (Wildman–Crippen LogP) is 3.87. The molecule has 0 saturated carbocycles. The lowest BCUT2D eigenvalue weighted by Gasteiger charge is -2.32. The predicted molar refractivity (Wildman–Crippen MR) is 130 cm³/mol. The SMILES string of the molecule is CNC(C)C(=O)NC(C(=O)N1CCCC1c1cccc(N(C)c2ccccc2)c1)C(C)C. The van der Waals surface area contributed by atoms with Crippen molar-refractivity contribution in [3.05, 3.63) is 60.2 Å². The van der Waals surface area contributed by atoms with Crippen LogP contribution >= 0.6 is 0 Å². The van der Waals surface area contributed by atoms with Crippen LogP contribution in [-0.4, -0.2) is 49.4 Å². The molecule has 0 spiro atoms. The zero-order valence-electron chi connectivity index (χ0n) is 19.8. The standard InChI is InChI=1S/C26H36N4O2/c1-18(2)24(28-25(31)19(3)27-4)26(32)30-16-10-15-23(30)20-11-9-14-22(17-20)29(5)21-12-7-6-8-13-21/h6-9,11-14,17-19,23-24,27H,10,15-16H2,1-5H3,(H,28,31). The van der Waals surface area contributed by atoms with Gasteiger partial charge in [-0.3, -0.25) is 9.59 Å². The van der Waals surface area contributed by atoms with E-state index >= 15 is 0 Å². The number of nitrogens with one attached hydrogen (secondary N) is 2. The second kappa shape index (κ2) is 10.6. The molecule has 3 unspecified atom stereocenters. The maximum absolute atomic E-state index is 13.5. The molecular formula is C26H36N4O2. The summed E-state index contributed by atoms with van der Waals surface area (Å²) in [5.74, 6) is -0.143. The summed E-state index contributed by atoms with van der Waals surface area (Å²) in [7, 11) is 3.80. The molecule has 32 heavy (non-hydrogen) atoms. The summed E-state index contributed by atoms with van der Waals surface area (Å²) in [6.45, 7) is 6.47. The molecule has 0 radical (unpaired) electrons. The first-order valence-electron chi connectivity index (χ1n) is 11.5. The van der Waals surface area contributed by atoms with E-state index in [4.69, 9.17) is 0 Å². The number of benzene rings is 2. The number of hydrogen-bond acceptors (Lipinski definition) is 4. The molecule has 0 bridgehead atoms. The molecule has 2 N–H and O–H groups in total. The van der Waals surface area contributed by atoms with Crippen LogP contribution in [0.4, 0.5) is 11.4 Å². The van der Waals surface area contributed by atoms with Gasteiger partial charge in [-0.1, -0.05) is 44.2 Å². The van der Waals surface area contributed by atoms with E-state index in [-0.39, 0.29) is 29.8 Å². The number of hydrogen-bond donors (Lipinski definition) is 2. The van der Waals surface area contributed by atoms with Crippen LogP contribution in [0.3, 0.4) is 0 Å². The first kappa shape index (κ1) is 23.8. The van der Waals surface area contributed by atoms with Crippen LogP contribution in [0.25, 0.3) is 0 Å². The minimum absolute atomic E-state index is 0.000898. The first-order chi connectivity index (χ1) is 15.3. The molecule has 1 aliphatic rings. The highest BCUT2D eigenvalue weighted by atomic mass is 16.2. The van der Waals surface area contributed by atoms with Gasteiger partial charge in [0.2, 0.25) is 11.8 Å². The Hall–Kier alpha value is -2.86. The Bertz CT molecular complexity index is 915. The summed E-state index contributed by atoms with van der Waals surface area (Å²) < 4.78 is 0. The third-order valence-electron chi connectivity index (χ3n) is 6.38. The number of para-hydroxylation sites is 1. The van der Waals surface area contributed by atoms with Crippen molar-refractivity contribution < 1.29 is 9.59 Å². The van der Waals surface area contributed by atoms with E-state index in [1.165, 1.54) is 0 Å². The number of carbonyl (C=O) groups is 2. The lowest BCUT2D eigenvalue weighted by molar-refractivity contribution is -0.138. The van der Waals surface area contributed by atoms with Gasteiger partial charge in [0.05, 0.1) is 12.1 Å². The maximum Gasteiger partial charge on any atom is 0.245 e. The number of anilines is 2. The number of carbonyl (C=O) groups excluding carboxylic acids is 2. The zero-order chi connectivity index (χ0) is 23.3. The lowest BCUT2D eigenvalue weighted by atomic mass is 9.99. The van der Waals surface area contributed by atoms with Crippen molar-refractivity contribution >= 4 is 23.2 Å². The van der Waals surface area contributed by atoms with Crippen LogP contribution in [0.1, 0.15) is 45.2 Å². The molecule has 1 fully saturated rings. The fraction of sp³-hybridized carbons (Fsp3) is 0.462. The smallest absolute Gasteiger partial charge is 0.245 e. The van der Waals surface area contributed by atoms with Crippen LogP contribution < -0.4 is 15.5 Å². The minimum atomic E-state index is -0.533. The average molecular weight is 437 g/mol. The second-order valence-corrected chi connectivity index (χ2v) is 8.92. The Morgan fingerprint density at radius 2 is 1.72 bits per heavy atom. The highest BCUT2D eigenvalue weighted by Crippen LogP contribution is 2.35. The van der Waals surface area contributed by atoms with Crippen molar-refractivity contribution in [3.8, 4) is 0 Å². The molecule has 2 amide bonds. The number of likely N-dealkylation sites (tertiary alicyclic amines) is 1. The summed E-state index contributed by atoms with van der Waals surface area (Å²) in [6.07, 6.45) is 1.89.